The normalized spacial score (nSPS) is 10.9. The first-order valence-electron chi connectivity index (χ1n) is 11.7. The molecule has 0 radical (unpaired) electrons. The van der Waals surface area contributed by atoms with Crippen LogP contribution in [0.3, 0.4) is 0 Å². The number of nitrogens with zero attached hydrogens (tertiary/aromatic N) is 4. The molecule has 2 aromatic carbocycles. The van der Waals surface area contributed by atoms with Crippen LogP contribution in [0.5, 0.6) is 11.5 Å². The molecule has 0 aliphatic rings. The lowest BCUT2D eigenvalue weighted by Gasteiger charge is -2.15. The van der Waals surface area contributed by atoms with E-state index in [9.17, 15) is 4.79 Å². The average Bonchev–Trinajstić information content (AvgIpc) is 3.31. The molecule has 1 amide bonds. The molecule has 0 bridgehead atoms. The van der Waals surface area contributed by atoms with Gasteiger partial charge in [-0.3, -0.25) is 9.89 Å². The van der Waals surface area contributed by atoms with E-state index in [0.717, 1.165) is 28.7 Å². The number of aromatic nitrogens is 4. The summed E-state index contributed by atoms with van der Waals surface area (Å²) in [7, 11) is 3.98. The molecule has 196 valence electrons. The maximum absolute atomic E-state index is 11.9. The Labute approximate surface area is 222 Å². The lowest BCUT2D eigenvalue weighted by Crippen LogP contribution is -2.34. The number of rotatable bonds is 11. The number of nitrogens with one attached hydrogen (secondary N) is 3. The summed E-state index contributed by atoms with van der Waals surface area (Å²) >= 11 is 0. The van der Waals surface area contributed by atoms with Crippen LogP contribution in [0, 0.1) is 0 Å². The van der Waals surface area contributed by atoms with Crippen molar-refractivity contribution in [1.82, 2.24) is 30.4 Å². The van der Waals surface area contributed by atoms with Crippen LogP contribution in [-0.4, -0.2) is 70.9 Å². The summed E-state index contributed by atoms with van der Waals surface area (Å²) in [6.07, 6.45) is 3.44. The van der Waals surface area contributed by atoms with Crippen molar-refractivity contribution in [2.24, 2.45) is 0 Å². The van der Waals surface area contributed by atoms with Gasteiger partial charge in [-0.15, -0.1) is 12.4 Å². The van der Waals surface area contributed by atoms with Crippen LogP contribution in [-0.2, 0) is 4.79 Å². The highest BCUT2D eigenvalue weighted by Gasteiger charge is 2.13. The van der Waals surface area contributed by atoms with Crippen molar-refractivity contribution < 1.29 is 14.3 Å². The zero-order chi connectivity index (χ0) is 25.5. The number of carbonyl (C=O) groups excluding carboxylic acids is 1. The van der Waals surface area contributed by atoms with E-state index in [0.29, 0.717) is 29.7 Å². The van der Waals surface area contributed by atoms with Crippen LogP contribution in [0.25, 0.3) is 22.3 Å². The standard InChI is InChI=1S/C26H31N7O3.ClH/c1-17(2)29-24(34)16-36-21-7-5-6-18(13-21)25-27-15-23(35-11-10-33(3)4)26(31-25)30-20-8-9-22-19(12-20)14-28-32-22;/h5-9,12-15,17H,10-11,16H2,1-4H3,(H,28,32)(H,29,34)(H,27,30,31);1H. The Balaban J connectivity index is 0.00000380. The predicted octanol–water partition coefficient (Wildman–Crippen LogP) is 4.03. The molecule has 10 nitrogen and oxygen atoms in total. The Morgan fingerprint density at radius 2 is 1.95 bits per heavy atom. The van der Waals surface area contributed by atoms with Gasteiger partial charge in [0, 0.05) is 29.2 Å². The molecule has 0 saturated carbocycles. The van der Waals surface area contributed by atoms with Gasteiger partial charge < -0.3 is 25.0 Å². The summed E-state index contributed by atoms with van der Waals surface area (Å²) in [5.74, 6) is 1.97. The number of aromatic amines is 1. The maximum atomic E-state index is 11.9. The number of H-pyrrole nitrogens is 1. The van der Waals surface area contributed by atoms with Crippen LogP contribution in [0.15, 0.2) is 54.9 Å². The maximum Gasteiger partial charge on any atom is 0.258 e. The minimum absolute atomic E-state index is 0. The predicted molar refractivity (Wildman–Crippen MR) is 147 cm³/mol. The minimum Gasteiger partial charge on any atom is -0.487 e. The first-order valence-corrected chi connectivity index (χ1v) is 11.7. The van der Waals surface area contributed by atoms with Crippen molar-refractivity contribution in [2.45, 2.75) is 19.9 Å². The molecule has 37 heavy (non-hydrogen) atoms. The number of amides is 1. The zero-order valence-corrected chi connectivity index (χ0v) is 22.1. The van der Waals surface area contributed by atoms with Crippen LogP contribution in [0.4, 0.5) is 11.5 Å². The fourth-order valence-electron chi connectivity index (χ4n) is 3.44. The van der Waals surface area contributed by atoms with E-state index in [1.807, 2.05) is 69.2 Å². The molecule has 4 rings (SSSR count). The molecule has 0 aliphatic heterocycles. The molecule has 0 fully saturated rings. The molecular formula is C26H32ClN7O3. The summed E-state index contributed by atoms with van der Waals surface area (Å²) in [5.41, 5.74) is 2.55. The third-order valence-corrected chi connectivity index (χ3v) is 5.17. The van der Waals surface area contributed by atoms with Crippen molar-refractivity contribution in [2.75, 3.05) is 39.2 Å². The number of fused-ring (bicyclic) bond motifs is 1. The smallest absolute Gasteiger partial charge is 0.258 e. The zero-order valence-electron chi connectivity index (χ0n) is 21.3. The van der Waals surface area contributed by atoms with Gasteiger partial charge >= 0.3 is 0 Å². The van der Waals surface area contributed by atoms with Gasteiger partial charge in [-0.2, -0.15) is 5.10 Å². The molecule has 4 aromatic rings. The number of hydrogen-bond acceptors (Lipinski definition) is 8. The lowest BCUT2D eigenvalue weighted by atomic mass is 10.2. The van der Waals surface area contributed by atoms with E-state index < -0.39 is 0 Å². The summed E-state index contributed by atoms with van der Waals surface area (Å²) in [5, 5.41) is 14.2. The largest absolute Gasteiger partial charge is 0.487 e. The van der Waals surface area contributed by atoms with Gasteiger partial charge in [0.05, 0.1) is 17.9 Å². The van der Waals surface area contributed by atoms with Gasteiger partial charge in [0.2, 0.25) is 0 Å². The number of halogens is 1. The molecule has 0 unspecified atom stereocenters. The van der Waals surface area contributed by atoms with Crippen LogP contribution >= 0.6 is 12.4 Å². The lowest BCUT2D eigenvalue weighted by molar-refractivity contribution is -0.123. The highest BCUT2D eigenvalue weighted by molar-refractivity contribution is 5.85. The quantitative estimate of drug-likeness (QED) is 0.269. The summed E-state index contributed by atoms with van der Waals surface area (Å²) in [6.45, 7) is 4.99. The van der Waals surface area contributed by atoms with Crippen molar-refractivity contribution in [3.63, 3.8) is 0 Å². The van der Waals surface area contributed by atoms with Crippen LogP contribution in [0.1, 0.15) is 13.8 Å². The van der Waals surface area contributed by atoms with Gasteiger partial charge in [0.25, 0.3) is 5.91 Å². The average molecular weight is 526 g/mol. The Bertz CT molecular complexity index is 1330. The van der Waals surface area contributed by atoms with Crippen LogP contribution < -0.4 is 20.1 Å². The van der Waals surface area contributed by atoms with E-state index in [-0.39, 0.29) is 31.0 Å². The Hall–Kier alpha value is -3.89. The van der Waals surface area contributed by atoms with Crippen molar-refractivity contribution in [3.8, 4) is 22.9 Å². The van der Waals surface area contributed by atoms with E-state index in [4.69, 9.17) is 14.5 Å². The Morgan fingerprint density at radius 3 is 2.73 bits per heavy atom. The van der Waals surface area contributed by atoms with Crippen LogP contribution in [0.2, 0.25) is 0 Å². The van der Waals surface area contributed by atoms with Gasteiger partial charge in [0.1, 0.15) is 12.4 Å². The molecule has 0 saturated heterocycles. The summed E-state index contributed by atoms with van der Waals surface area (Å²) in [6, 6.07) is 13.3. The number of anilines is 2. The fraction of sp³-hybridized carbons (Fsp3) is 0.308. The van der Waals surface area contributed by atoms with Gasteiger partial charge in [-0.05, 0) is 58.3 Å². The van der Waals surface area contributed by atoms with E-state index in [1.165, 1.54) is 0 Å². The van der Waals surface area contributed by atoms with Crippen molar-refractivity contribution >= 4 is 40.7 Å². The minimum atomic E-state index is -0.174. The van der Waals surface area contributed by atoms with Gasteiger partial charge in [-0.1, -0.05) is 12.1 Å². The Kier molecular flexibility index (Phi) is 9.64. The first kappa shape index (κ1) is 27.7. The fourth-order valence-corrected chi connectivity index (χ4v) is 3.44. The van der Waals surface area contributed by atoms with Crippen molar-refractivity contribution in [1.29, 1.82) is 0 Å². The highest BCUT2D eigenvalue weighted by Crippen LogP contribution is 2.30. The molecule has 0 aliphatic carbocycles. The molecule has 0 spiro atoms. The number of carbonyl (C=O) groups is 1. The molecule has 2 heterocycles. The number of benzene rings is 2. The second-order valence-electron chi connectivity index (χ2n) is 8.89. The third kappa shape index (κ3) is 7.80. The number of hydrogen-bond donors (Lipinski definition) is 3. The Morgan fingerprint density at radius 1 is 1.11 bits per heavy atom. The molecule has 3 N–H and O–H groups in total. The molecule has 0 atom stereocenters. The van der Waals surface area contributed by atoms with E-state index in [2.05, 4.69) is 25.8 Å². The summed E-state index contributed by atoms with van der Waals surface area (Å²) < 4.78 is 11.7. The highest BCUT2D eigenvalue weighted by atomic mass is 35.5. The molecule has 2 aromatic heterocycles. The van der Waals surface area contributed by atoms with Gasteiger partial charge in [-0.25, -0.2) is 9.97 Å². The second-order valence-corrected chi connectivity index (χ2v) is 8.89. The first-order chi connectivity index (χ1) is 17.4. The van der Waals surface area contributed by atoms with E-state index in [1.54, 1.807) is 18.5 Å². The third-order valence-electron chi connectivity index (χ3n) is 5.17. The SMILES string of the molecule is CC(C)NC(=O)COc1cccc(-c2ncc(OCCN(C)C)c(Nc3ccc4[nH]ncc4c3)n2)c1.Cl. The molecule has 11 heteroatoms. The number of likely N-dealkylation sites (N-methyl/N-ethyl adjacent to an activating group) is 1. The molecular weight excluding hydrogens is 494 g/mol. The second kappa shape index (κ2) is 12.9. The number of ether oxygens (including phenoxy) is 2. The van der Waals surface area contributed by atoms with Crippen molar-refractivity contribution in [3.05, 3.63) is 54.9 Å². The topological polar surface area (TPSA) is 117 Å². The van der Waals surface area contributed by atoms with Gasteiger partial charge in [0.15, 0.2) is 24.0 Å². The van der Waals surface area contributed by atoms with E-state index >= 15 is 0 Å². The summed E-state index contributed by atoms with van der Waals surface area (Å²) in [4.78, 5) is 23.3. The monoisotopic (exact) mass is 525 g/mol.